The van der Waals surface area contributed by atoms with E-state index in [1.54, 1.807) is 42.5 Å². The fourth-order valence-corrected chi connectivity index (χ4v) is 7.61. The van der Waals surface area contributed by atoms with Gasteiger partial charge in [-0.05, 0) is 73.3 Å². The van der Waals surface area contributed by atoms with Crippen LogP contribution in [-0.2, 0) is 43.3 Å². The average molecular weight is 731 g/mol. The van der Waals surface area contributed by atoms with Crippen LogP contribution >= 0.6 is 35.1 Å². The Morgan fingerprint density at radius 3 is 2.18 bits per heavy atom. The number of ether oxygens (including phenoxy) is 1. The van der Waals surface area contributed by atoms with Crippen molar-refractivity contribution >= 4 is 51.1 Å². The van der Waals surface area contributed by atoms with Crippen molar-refractivity contribution in [2.75, 3.05) is 7.11 Å². The van der Waals surface area contributed by atoms with Crippen molar-refractivity contribution in [2.24, 2.45) is 0 Å². The molecule has 0 amide bonds. The molecule has 1 N–H and O–H groups in total. The van der Waals surface area contributed by atoms with Crippen LogP contribution in [0.2, 0.25) is 5.02 Å². The number of methoxy groups -OCH3 is 1. The summed E-state index contributed by atoms with van der Waals surface area (Å²) in [5.74, 6) is -0.937. The lowest BCUT2D eigenvalue weighted by molar-refractivity contribution is -0.0881. The van der Waals surface area contributed by atoms with E-state index in [1.165, 1.54) is 53.9 Å². The summed E-state index contributed by atoms with van der Waals surface area (Å²) in [5.41, 5.74) is 2.56. The van der Waals surface area contributed by atoms with Crippen LogP contribution in [0.4, 0.5) is 9.05 Å². The summed E-state index contributed by atoms with van der Waals surface area (Å²) in [5, 5.41) is 9.37. The number of sulfonamides is 1. The number of carboxylic acid groups (broad SMARTS) is 1. The first-order valence-corrected chi connectivity index (χ1v) is 17.0. The lowest BCUT2D eigenvalue weighted by Crippen LogP contribution is -2.30. The zero-order valence-corrected chi connectivity index (χ0v) is 26.9. The Balaban J connectivity index is 1.68. The number of benzene rings is 4. The molecule has 9 nitrogen and oxygen atoms in total. The van der Waals surface area contributed by atoms with Gasteiger partial charge in [-0.1, -0.05) is 76.1 Å². The molecule has 0 aromatic heterocycles. The van der Waals surface area contributed by atoms with Crippen molar-refractivity contribution in [3.8, 4) is 16.9 Å². The zero-order valence-electron chi connectivity index (χ0n) is 22.8. The maximum absolute atomic E-state index is 14.0. The van der Waals surface area contributed by atoms with Crippen molar-refractivity contribution in [1.82, 2.24) is 4.31 Å². The highest BCUT2D eigenvalue weighted by Crippen LogP contribution is 2.53. The number of nitrogens with zero attached hydrogens (tertiary/aromatic N) is 1. The zero-order chi connectivity index (χ0) is 32.1. The molecule has 0 saturated heterocycles. The Morgan fingerprint density at radius 1 is 0.932 bits per heavy atom. The third-order valence-electron chi connectivity index (χ3n) is 6.53. The number of rotatable bonds is 13. The molecule has 15 heteroatoms. The summed E-state index contributed by atoms with van der Waals surface area (Å²) >= 11 is 9.61. The molecule has 232 valence electrons. The number of carbonyl (C=O) groups is 1. The van der Waals surface area contributed by atoms with Crippen LogP contribution in [0.5, 0.6) is 5.75 Å². The molecule has 0 fully saturated rings. The number of halogens is 4. The van der Waals surface area contributed by atoms with Crippen LogP contribution in [0.15, 0.2) is 94.3 Å². The van der Waals surface area contributed by atoms with Crippen LogP contribution in [0.25, 0.3) is 11.1 Å². The largest absolute Gasteiger partial charge is 0.495 e. The minimum absolute atomic E-state index is 0.0365. The Morgan fingerprint density at radius 2 is 1.57 bits per heavy atom. The van der Waals surface area contributed by atoms with Gasteiger partial charge in [0.15, 0.2) is 0 Å². The van der Waals surface area contributed by atoms with E-state index >= 15 is 0 Å². The Hall–Kier alpha value is -3.16. The van der Waals surface area contributed by atoms with Gasteiger partial charge in [-0.15, -0.1) is 9.46 Å². The number of carboxylic acids is 1. The summed E-state index contributed by atoms with van der Waals surface area (Å²) in [6, 6.07) is 22.1. The standard InChI is InChI=1S/C29H24BrClF2NO8PS/c1-40-27-4-2-3-5-28(27)44(38,39)34(17-20-8-11-22(26(31)12-20)18-43(37,41-32)42-33)16-19-6-9-21(10-7-19)23-13-24(29(35)36)15-25(30)14-23/h2-15H,16-18H2,1H3,(H,35,36). The maximum Gasteiger partial charge on any atom is 0.399 e. The van der Waals surface area contributed by atoms with E-state index in [0.717, 1.165) is 0 Å². The molecule has 0 heterocycles. The average Bonchev–Trinajstić information content (AvgIpc) is 3.02. The van der Waals surface area contributed by atoms with Gasteiger partial charge in [0.2, 0.25) is 10.0 Å². The fourth-order valence-electron chi connectivity index (χ4n) is 4.37. The summed E-state index contributed by atoms with van der Waals surface area (Å²) < 4.78 is 78.4. The first kappa shape index (κ1) is 33.7. The van der Waals surface area contributed by atoms with Gasteiger partial charge in [0.25, 0.3) is 0 Å². The van der Waals surface area contributed by atoms with E-state index in [0.29, 0.717) is 26.7 Å². The van der Waals surface area contributed by atoms with Crippen molar-refractivity contribution in [3.05, 3.63) is 117 Å². The van der Waals surface area contributed by atoms with Crippen molar-refractivity contribution < 1.29 is 46.1 Å². The van der Waals surface area contributed by atoms with Crippen LogP contribution in [-0.4, -0.2) is 30.9 Å². The molecule has 4 aromatic carbocycles. The van der Waals surface area contributed by atoms with Gasteiger partial charge < -0.3 is 9.84 Å². The van der Waals surface area contributed by atoms with E-state index in [1.807, 2.05) is 0 Å². The molecule has 0 spiro atoms. The second-order valence-corrected chi connectivity index (χ2v) is 14.5. The molecule has 4 aromatic rings. The van der Waals surface area contributed by atoms with Crippen molar-refractivity contribution in [3.63, 3.8) is 0 Å². The highest BCUT2D eigenvalue weighted by molar-refractivity contribution is 9.10. The molecule has 0 aliphatic carbocycles. The molecule has 0 unspecified atom stereocenters. The third-order valence-corrected chi connectivity index (χ3v) is 10.3. The molecule has 0 bridgehead atoms. The van der Waals surface area contributed by atoms with Gasteiger partial charge >= 0.3 is 13.6 Å². The van der Waals surface area contributed by atoms with Crippen LogP contribution in [0, 0.1) is 0 Å². The van der Waals surface area contributed by atoms with Gasteiger partial charge in [-0.2, -0.15) is 4.31 Å². The van der Waals surface area contributed by atoms with Crippen LogP contribution in [0.3, 0.4) is 0 Å². The van der Waals surface area contributed by atoms with E-state index in [4.69, 9.17) is 16.3 Å². The highest BCUT2D eigenvalue weighted by atomic mass is 79.9. The highest BCUT2D eigenvalue weighted by Gasteiger charge is 2.31. The summed E-state index contributed by atoms with van der Waals surface area (Å²) in [4.78, 5) is 11.4. The first-order chi connectivity index (χ1) is 20.9. The summed E-state index contributed by atoms with van der Waals surface area (Å²) in [6.07, 6.45) is -0.791. The van der Waals surface area contributed by atoms with Gasteiger partial charge in [0, 0.05) is 22.6 Å². The minimum atomic E-state index is -4.70. The van der Waals surface area contributed by atoms with Crippen LogP contribution < -0.4 is 4.74 Å². The molecular formula is C29H24BrClF2NO8PS. The van der Waals surface area contributed by atoms with Gasteiger partial charge in [0.05, 0.1) is 18.8 Å². The molecule has 0 aliphatic heterocycles. The molecular weight excluding hydrogens is 707 g/mol. The summed E-state index contributed by atoms with van der Waals surface area (Å²) in [6.45, 7) is -0.258. The second-order valence-electron chi connectivity index (χ2n) is 9.49. The molecule has 44 heavy (non-hydrogen) atoms. The van der Waals surface area contributed by atoms with E-state index in [-0.39, 0.29) is 39.9 Å². The SMILES string of the molecule is COc1ccccc1S(=O)(=O)N(Cc1ccc(-c2cc(Br)cc(C(=O)O)c2)cc1)Cc1ccc(CP(=O)(OF)OF)c(Cl)c1. The predicted molar refractivity (Wildman–Crippen MR) is 163 cm³/mol. The van der Waals surface area contributed by atoms with Gasteiger partial charge in [-0.3, -0.25) is 4.57 Å². The monoisotopic (exact) mass is 729 g/mol. The Labute approximate surface area is 265 Å². The lowest BCUT2D eigenvalue weighted by atomic mass is 10.0. The first-order valence-electron chi connectivity index (χ1n) is 12.6. The smallest absolute Gasteiger partial charge is 0.399 e. The van der Waals surface area contributed by atoms with Gasteiger partial charge in [0.1, 0.15) is 10.6 Å². The quantitative estimate of drug-likeness (QED) is 0.136. The Kier molecular flexibility index (Phi) is 11.0. The number of hydrogen-bond acceptors (Lipinski definition) is 7. The Bertz CT molecular complexity index is 1820. The van der Waals surface area contributed by atoms with Gasteiger partial charge in [-0.25, -0.2) is 13.2 Å². The minimum Gasteiger partial charge on any atom is -0.495 e. The normalized spacial score (nSPS) is 12.0. The molecule has 0 aliphatic rings. The number of hydrogen-bond donors (Lipinski definition) is 1. The number of para-hydroxylation sites is 1. The van der Waals surface area contributed by atoms with Crippen molar-refractivity contribution in [2.45, 2.75) is 24.1 Å². The third kappa shape index (κ3) is 7.91. The topological polar surface area (TPSA) is 119 Å². The number of aromatic carboxylic acids is 1. The predicted octanol–water partition coefficient (Wildman–Crippen LogP) is 8.36. The van der Waals surface area contributed by atoms with E-state index < -0.39 is 29.8 Å². The van der Waals surface area contributed by atoms with E-state index in [2.05, 4.69) is 25.4 Å². The van der Waals surface area contributed by atoms with Crippen LogP contribution in [0.1, 0.15) is 27.0 Å². The molecule has 0 atom stereocenters. The second kappa shape index (κ2) is 14.3. The summed E-state index contributed by atoms with van der Waals surface area (Å²) in [7, 11) is -7.52. The molecule has 0 saturated carbocycles. The van der Waals surface area contributed by atoms with Crippen molar-refractivity contribution in [1.29, 1.82) is 0 Å². The lowest BCUT2D eigenvalue weighted by Gasteiger charge is -2.24. The van der Waals surface area contributed by atoms with E-state index in [9.17, 15) is 31.9 Å². The fraction of sp³-hybridized carbons (Fsp3) is 0.138. The molecule has 4 rings (SSSR count). The molecule has 0 radical (unpaired) electrons. The maximum atomic E-state index is 14.0.